The maximum absolute atomic E-state index is 12.8. The van der Waals surface area contributed by atoms with E-state index in [1.54, 1.807) is 34.7 Å². The summed E-state index contributed by atoms with van der Waals surface area (Å²) in [4.78, 5) is 30.8. The number of nitrogens with zero attached hydrogens (tertiary/aromatic N) is 5. The Morgan fingerprint density at radius 1 is 1.26 bits per heavy atom. The molecule has 4 heterocycles. The Morgan fingerprint density at radius 2 is 2.09 bits per heavy atom. The number of anilines is 1. The van der Waals surface area contributed by atoms with E-state index in [4.69, 9.17) is 0 Å². The highest BCUT2D eigenvalue weighted by Crippen LogP contribution is 2.42. The van der Waals surface area contributed by atoms with E-state index in [1.807, 2.05) is 13.1 Å². The third-order valence-electron chi connectivity index (χ3n) is 4.66. The number of carbonyl (C=O) groups excluding carboxylic acids is 1. The van der Waals surface area contributed by atoms with Crippen LogP contribution in [0.3, 0.4) is 0 Å². The van der Waals surface area contributed by atoms with Gasteiger partial charge in [0.1, 0.15) is 0 Å². The van der Waals surface area contributed by atoms with Gasteiger partial charge in [0, 0.05) is 43.1 Å². The van der Waals surface area contributed by atoms with Crippen LogP contribution in [0.4, 0.5) is 5.95 Å². The predicted molar refractivity (Wildman–Crippen MR) is 88.2 cm³/mol. The topological polar surface area (TPSA) is 62.2 Å². The summed E-state index contributed by atoms with van der Waals surface area (Å²) < 4.78 is 0. The van der Waals surface area contributed by atoms with Crippen LogP contribution in [0.15, 0.2) is 24.7 Å². The lowest BCUT2D eigenvalue weighted by atomic mass is 9.72. The van der Waals surface area contributed by atoms with Crippen molar-refractivity contribution in [1.29, 1.82) is 0 Å². The molecule has 1 atom stereocenters. The number of amides is 1. The average molecular weight is 329 g/mol. The highest BCUT2D eigenvalue weighted by molar-refractivity contribution is 7.11. The lowest BCUT2D eigenvalue weighted by Crippen LogP contribution is -2.67. The first-order chi connectivity index (χ1) is 11.2. The van der Waals surface area contributed by atoms with Gasteiger partial charge < -0.3 is 0 Å². The number of rotatable bonds is 3. The quantitative estimate of drug-likeness (QED) is 0.805. The van der Waals surface area contributed by atoms with Gasteiger partial charge in [0.25, 0.3) is 0 Å². The maximum atomic E-state index is 12.8. The molecule has 2 aliphatic rings. The minimum Gasteiger partial charge on any atom is -0.297 e. The van der Waals surface area contributed by atoms with Crippen LogP contribution in [0.25, 0.3) is 0 Å². The lowest BCUT2D eigenvalue weighted by molar-refractivity contribution is -0.139. The van der Waals surface area contributed by atoms with Crippen molar-refractivity contribution in [2.75, 3.05) is 24.5 Å². The molecule has 23 heavy (non-hydrogen) atoms. The summed E-state index contributed by atoms with van der Waals surface area (Å²) in [5.41, 5.74) is -0.239. The van der Waals surface area contributed by atoms with Gasteiger partial charge in [-0.3, -0.25) is 14.6 Å². The molecule has 6 nitrogen and oxygen atoms in total. The van der Waals surface area contributed by atoms with Crippen LogP contribution in [0.5, 0.6) is 0 Å². The Labute approximate surface area is 139 Å². The molecular weight excluding hydrogens is 310 g/mol. The number of likely N-dealkylation sites (tertiary alicyclic amines) is 1. The molecule has 0 aliphatic carbocycles. The van der Waals surface area contributed by atoms with Crippen molar-refractivity contribution in [3.05, 3.63) is 34.5 Å². The fraction of sp³-hybridized carbons (Fsp3) is 0.500. The van der Waals surface area contributed by atoms with Crippen LogP contribution in [-0.2, 0) is 11.3 Å². The van der Waals surface area contributed by atoms with Crippen molar-refractivity contribution in [3.63, 3.8) is 0 Å². The van der Waals surface area contributed by atoms with Crippen molar-refractivity contribution < 1.29 is 4.79 Å². The van der Waals surface area contributed by atoms with Gasteiger partial charge in [-0.25, -0.2) is 15.0 Å². The predicted octanol–water partition coefficient (Wildman–Crippen LogP) is 1.87. The molecule has 0 N–H and O–H groups in total. The highest BCUT2D eigenvalue weighted by atomic mass is 32.1. The molecule has 2 aromatic heterocycles. The smallest absolute Gasteiger partial charge is 0.238 e. The van der Waals surface area contributed by atoms with E-state index in [9.17, 15) is 4.79 Å². The summed E-state index contributed by atoms with van der Waals surface area (Å²) in [6.45, 7) is 5.52. The third kappa shape index (κ3) is 2.64. The Kier molecular flexibility index (Phi) is 3.61. The van der Waals surface area contributed by atoms with Gasteiger partial charge in [0.05, 0.1) is 10.4 Å². The van der Waals surface area contributed by atoms with Gasteiger partial charge in [-0.05, 0) is 32.4 Å². The van der Waals surface area contributed by atoms with Crippen molar-refractivity contribution in [1.82, 2.24) is 19.9 Å². The highest BCUT2D eigenvalue weighted by Gasteiger charge is 2.55. The molecule has 0 aromatic carbocycles. The van der Waals surface area contributed by atoms with E-state index in [0.717, 1.165) is 44.0 Å². The standard InChI is InChI=1S/C16H19N5OS/c1-12-19-8-13(23-12)9-20-7-2-4-16(10-20)11-21(14(16)22)15-17-5-3-6-18-15/h3,5-6,8H,2,4,7,9-11H2,1H3. The van der Waals surface area contributed by atoms with Gasteiger partial charge in [0.15, 0.2) is 0 Å². The van der Waals surface area contributed by atoms with Crippen LogP contribution in [0, 0.1) is 12.3 Å². The van der Waals surface area contributed by atoms with Gasteiger partial charge in [0.2, 0.25) is 11.9 Å². The molecule has 0 saturated carbocycles. The molecule has 1 amide bonds. The fourth-order valence-electron chi connectivity index (χ4n) is 3.59. The average Bonchev–Trinajstić information content (AvgIpc) is 2.98. The SMILES string of the molecule is Cc1ncc(CN2CCCC3(C2)CN(c2ncccn2)C3=O)s1. The van der Waals surface area contributed by atoms with Gasteiger partial charge in [-0.15, -0.1) is 11.3 Å². The van der Waals surface area contributed by atoms with Crippen LogP contribution in [0.2, 0.25) is 0 Å². The molecule has 1 unspecified atom stereocenters. The number of thiazole rings is 1. The van der Waals surface area contributed by atoms with Crippen molar-refractivity contribution >= 4 is 23.2 Å². The number of carbonyl (C=O) groups is 1. The molecule has 2 aromatic rings. The van der Waals surface area contributed by atoms with E-state index < -0.39 is 0 Å². The second kappa shape index (κ2) is 5.65. The van der Waals surface area contributed by atoms with Crippen LogP contribution in [-0.4, -0.2) is 45.4 Å². The van der Waals surface area contributed by atoms with Crippen LogP contribution < -0.4 is 4.90 Å². The second-order valence-electron chi connectivity index (χ2n) is 6.38. The lowest BCUT2D eigenvalue weighted by Gasteiger charge is -2.52. The molecule has 120 valence electrons. The van der Waals surface area contributed by atoms with E-state index >= 15 is 0 Å². The molecule has 7 heteroatoms. The number of aryl methyl sites for hydroxylation is 1. The number of aromatic nitrogens is 3. The number of piperidine rings is 1. The first kappa shape index (κ1) is 14.7. The first-order valence-electron chi connectivity index (χ1n) is 7.89. The van der Waals surface area contributed by atoms with Crippen LogP contribution in [0.1, 0.15) is 22.7 Å². The van der Waals surface area contributed by atoms with Gasteiger partial charge in [-0.1, -0.05) is 0 Å². The van der Waals surface area contributed by atoms with Gasteiger partial charge >= 0.3 is 0 Å². The Hall–Kier alpha value is -1.86. The minimum absolute atomic E-state index is 0.175. The van der Waals surface area contributed by atoms with E-state index in [0.29, 0.717) is 5.95 Å². The van der Waals surface area contributed by atoms with Crippen molar-refractivity contribution in [2.24, 2.45) is 5.41 Å². The molecule has 1 spiro atoms. The minimum atomic E-state index is -0.239. The summed E-state index contributed by atoms with van der Waals surface area (Å²) in [5.74, 6) is 0.701. The number of hydrogen-bond donors (Lipinski definition) is 0. The molecule has 0 bridgehead atoms. The number of hydrogen-bond acceptors (Lipinski definition) is 6. The van der Waals surface area contributed by atoms with E-state index in [-0.39, 0.29) is 11.3 Å². The Bertz CT molecular complexity index is 718. The largest absolute Gasteiger partial charge is 0.297 e. The normalized spacial score (nSPS) is 24.9. The van der Waals surface area contributed by atoms with E-state index in [1.165, 1.54) is 4.88 Å². The number of β-lactam (4-membered cyclic amide) rings is 1. The molecule has 0 radical (unpaired) electrons. The third-order valence-corrected chi connectivity index (χ3v) is 5.56. The fourth-order valence-corrected chi connectivity index (χ4v) is 4.43. The Balaban J connectivity index is 1.44. The van der Waals surface area contributed by atoms with Crippen molar-refractivity contribution in [3.8, 4) is 0 Å². The first-order valence-corrected chi connectivity index (χ1v) is 8.71. The zero-order chi connectivity index (χ0) is 15.9. The second-order valence-corrected chi connectivity index (χ2v) is 7.70. The van der Waals surface area contributed by atoms with Crippen molar-refractivity contribution in [2.45, 2.75) is 26.3 Å². The molecule has 2 fully saturated rings. The molecule has 4 rings (SSSR count). The zero-order valence-electron chi connectivity index (χ0n) is 13.1. The molecular formula is C16H19N5OS. The van der Waals surface area contributed by atoms with Gasteiger partial charge in [-0.2, -0.15) is 0 Å². The summed E-state index contributed by atoms with van der Waals surface area (Å²) in [6.07, 6.45) is 7.34. The molecule has 2 aliphatic heterocycles. The summed E-state index contributed by atoms with van der Waals surface area (Å²) in [7, 11) is 0. The summed E-state index contributed by atoms with van der Waals surface area (Å²) >= 11 is 1.74. The maximum Gasteiger partial charge on any atom is 0.238 e. The van der Waals surface area contributed by atoms with E-state index in [2.05, 4.69) is 19.9 Å². The monoisotopic (exact) mass is 329 g/mol. The summed E-state index contributed by atoms with van der Waals surface area (Å²) in [6, 6.07) is 1.77. The van der Waals surface area contributed by atoms with Crippen LogP contribution >= 0.6 is 11.3 Å². The Morgan fingerprint density at radius 3 is 2.78 bits per heavy atom. The molecule has 2 saturated heterocycles. The summed E-state index contributed by atoms with van der Waals surface area (Å²) in [5, 5.41) is 1.10. The zero-order valence-corrected chi connectivity index (χ0v) is 13.9.